The van der Waals surface area contributed by atoms with Gasteiger partial charge in [-0.15, -0.1) is 11.8 Å². The first kappa shape index (κ1) is 23.5. The minimum Gasteiger partial charge on any atom is -0.463 e. The van der Waals surface area contributed by atoms with E-state index in [2.05, 4.69) is 48.5 Å². The summed E-state index contributed by atoms with van der Waals surface area (Å²) in [6.07, 6.45) is 3.69. The molecule has 0 fully saturated rings. The van der Waals surface area contributed by atoms with Crippen LogP contribution in [0.5, 0.6) is 0 Å². The maximum Gasteiger partial charge on any atom is 0.303 e. The molecule has 0 saturated carbocycles. The summed E-state index contributed by atoms with van der Waals surface area (Å²) in [6, 6.07) is 21.2. The molecule has 0 spiro atoms. The molecule has 0 unspecified atom stereocenters. The van der Waals surface area contributed by atoms with Gasteiger partial charge in [-0.2, -0.15) is 0 Å². The molecule has 0 saturated heterocycles. The Hall–Kier alpha value is -2.14. The van der Waals surface area contributed by atoms with Crippen molar-refractivity contribution in [1.29, 1.82) is 0 Å². The highest BCUT2D eigenvalue weighted by atomic mass is 32.2. The number of thioether (sulfide) groups is 1. The van der Waals surface area contributed by atoms with Crippen molar-refractivity contribution in [3.8, 4) is 0 Å². The maximum absolute atomic E-state index is 11.4. The van der Waals surface area contributed by atoms with Gasteiger partial charge in [0.2, 0.25) is 0 Å². The zero-order valence-corrected chi connectivity index (χ0v) is 19.4. The van der Waals surface area contributed by atoms with Gasteiger partial charge in [0.15, 0.2) is 0 Å². The number of carbonyl (C=O) groups excluding carboxylic acids is 2. The van der Waals surface area contributed by atoms with E-state index in [4.69, 9.17) is 14.2 Å². The Morgan fingerprint density at radius 3 is 2.10 bits per heavy atom. The molecule has 5 nitrogen and oxygen atoms in total. The average molecular weight is 459 g/mol. The monoisotopic (exact) mass is 458 g/mol. The fourth-order valence-corrected chi connectivity index (χ4v) is 6.92. The van der Waals surface area contributed by atoms with Gasteiger partial charge in [0.25, 0.3) is 0 Å². The molecule has 0 bridgehead atoms. The predicted molar refractivity (Wildman–Crippen MR) is 126 cm³/mol. The molecule has 31 heavy (non-hydrogen) atoms. The standard InChI is InChI=1S/C24H27O5PS/c1-18(25)27-17-23-22(28-19(2)26)13-14-24(29-23)31-16-15-30(20-9-5-3-6-10-20)21-11-7-4-8-12-21/h3-14,22-24H,15-17H2,1-2H3/t22-,23+,24+/m0/s1. The molecular formula is C24H27O5PS. The Kier molecular flexibility index (Phi) is 9.13. The molecule has 0 N–H and O–H groups in total. The van der Waals surface area contributed by atoms with Crippen LogP contribution in [0.2, 0.25) is 0 Å². The van der Waals surface area contributed by atoms with E-state index in [9.17, 15) is 9.59 Å². The van der Waals surface area contributed by atoms with Crippen LogP contribution in [0, 0.1) is 0 Å². The fourth-order valence-electron chi connectivity index (χ4n) is 3.24. The van der Waals surface area contributed by atoms with Crippen LogP contribution in [0.25, 0.3) is 0 Å². The summed E-state index contributed by atoms with van der Waals surface area (Å²) in [7, 11) is -0.464. The van der Waals surface area contributed by atoms with E-state index >= 15 is 0 Å². The first-order valence-electron chi connectivity index (χ1n) is 10.2. The van der Waals surface area contributed by atoms with Gasteiger partial charge in [0.1, 0.15) is 24.3 Å². The van der Waals surface area contributed by atoms with Crippen molar-refractivity contribution in [2.45, 2.75) is 31.5 Å². The second kappa shape index (κ2) is 12.0. The number of esters is 2. The van der Waals surface area contributed by atoms with Crippen LogP contribution in [0.3, 0.4) is 0 Å². The van der Waals surface area contributed by atoms with Gasteiger partial charge in [-0.05, 0) is 36.8 Å². The largest absolute Gasteiger partial charge is 0.463 e. The van der Waals surface area contributed by atoms with Crippen LogP contribution >= 0.6 is 19.7 Å². The normalized spacial score (nSPS) is 20.4. The van der Waals surface area contributed by atoms with E-state index in [1.165, 1.54) is 24.5 Å². The molecule has 2 aromatic rings. The second-order valence-corrected chi connectivity index (χ2v) is 10.5. The van der Waals surface area contributed by atoms with Crippen molar-refractivity contribution in [3.63, 3.8) is 0 Å². The Bertz CT molecular complexity index is 835. The average Bonchev–Trinajstić information content (AvgIpc) is 2.77. The highest BCUT2D eigenvalue weighted by molar-refractivity contribution is 8.00. The summed E-state index contributed by atoms with van der Waals surface area (Å²) in [5.41, 5.74) is -0.184. The highest BCUT2D eigenvalue weighted by Crippen LogP contribution is 2.35. The Labute approximate surface area is 188 Å². The van der Waals surface area contributed by atoms with Crippen molar-refractivity contribution in [2.75, 3.05) is 18.5 Å². The van der Waals surface area contributed by atoms with Gasteiger partial charge in [0, 0.05) is 19.6 Å². The SMILES string of the molecule is CC(=O)OC[C@H]1O[C@H](SCCP(c2ccccc2)c2ccccc2)C=C[C@@H]1OC(C)=O. The van der Waals surface area contributed by atoms with Crippen LogP contribution in [0.1, 0.15) is 13.8 Å². The van der Waals surface area contributed by atoms with Crippen LogP contribution in [0.4, 0.5) is 0 Å². The van der Waals surface area contributed by atoms with E-state index in [-0.39, 0.29) is 18.0 Å². The van der Waals surface area contributed by atoms with E-state index in [1.54, 1.807) is 11.8 Å². The lowest BCUT2D eigenvalue weighted by Gasteiger charge is -2.31. The van der Waals surface area contributed by atoms with Crippen molar-refractivity contribution in [2.24, 2.45) is 0 Å². The number of rotatable bonds is 9. The molecule has 1 heterocycles. The summed E-state index contributed by atoms with van der Waals surface area (Å²) in [4.78, 5) is 22.6. The zero-order chi connectivity index (χ0) is 22.1. The first-order chi connectivity index (χ1) is 15.0. The minimum absolute atomic E-state index is 0.0510. The van der Waals surface area contributed by atoms with Gasteiger partial charge in [0.05, 0.1) is 0 Å². The molecule has 2 aromatic carbocycles. The Morgan fingerprint density at radius 1 is 0.935 bits per heavy atom. The fraction of sp³-hybridized carbons (Fsp3) is 0.333. The molecule has 0 aliphatic carbocycles. The number of hydrogen-bond acceptors (Lipinski definition) is 6. The molecule has 0 aromatic heterocycles. The summed E-state index contributed by atoms with van der Waals surface area (Å²) in [5, 5.41) is 2.71. The third-order valence-corrected chi connectivity index (χ3v) is 8.47. The van der Waals surface area contributed by atoms with Crippen LogP contribution < -0.4 is 10.6 Å². The topological polar surface area (TPSA) is 61.8 Å². The van der Waals surface area contributed by atoms with Crippen LogP contribution in [-0.4, -0.2) is 48.1 Å². The van der Waals surface area contributed by atoms with Crippen LogP contribution in [-0.2, 0) is 23.8 Å². The number of hydrogen-bond donors (Lipinski definition) is 0. The number of carbonyl (C=O) groups is 2. The van der Waals surface area contributed by atoms with E-state index in [0.717, 1.165) is 11.9 Å². The second-order valence-electron chi connectivity index (χ2n) is 7.00. The molecular weight excluding hydrogens is 431 g/mol. The smallest absolute Gasteiger partial charge is 0.303 e. The van der Waals surface area contributed by atoms with E-state index in [0.29, 0.717) is 0 Å². The molecule has 3 rings (SSSR count). The molecule has 3 atom stereocenters. The molecule has 164 valence electrons. The van der Waals surface area contributed by atoms with Crippen LogP contribution in [0.15, 0.2) is 72.8 Å². The lowest BCUT2D eigenvalue weighted by Crippen LogP contribution is -2.40. The summed E-state index contributed by atoms with van der Waals surface area (Å²) >= 11 is 1.70. The summed E-state index contributed by atoms with van der Waals surface area (Å²) in [5.74, 6) is 0.122. The Morgan fingerprint density at radius 2 is 1.55 bits per heavy atom. The minimum atomic E-state index is -0.556. The van der Waals surface area contributed by atoms with Crippen molar-refractivity contribution in [1.82, 2.24) is 0 Å². The van der Waals surface area contributed by atoms with Gasteiger partial charge in [-0.3, -0.25) is 9.59 Å². The molecule has 7 heteroatoms. The first-order valence-corrected chi connectivity index (χ1v) is 12.7. The predicted octanol–water partition coefficient (Wildman–Crippen LogP) is 3.63. The third-order valence-electron chi connectivity index (χ3n) is 4.62. The highest BCUT2D eigenvalue weighted by Gasteiger charge is 2.31. The van der Waals surface area contributed by atoms with Gasteiger partial charge < -0.3 is 14.2 Å². The number of benzene rings is 2. The lowest BCUT2D eigenvalue weighted by atomic mass is 10.1. The van der Waals surface area contributed by atoms with Gasteiger partial charge in [-0.25, -0.2) is 0 Å². The summed E-state index contributed by atoms with van der Waals surface area (Å²) in [6.45, 7) is 2.75. The van der Waals surface area contributed by atoms with E-state index in [1.807, 2.05) is 24.3 Å². The van der Waals surface area contributed by atoms with Crippen molar-refractivity contribution >= 4 is 42.2 Å². The quantitative estimate of drug-likeness (QED) is 0.325. The van der Waals surface area contributed by atoms with Crippen molar-refractivity contribution in [3.05, 3.63) is 72.8 Å². The summed E-state index contributed by atoms with van der Waals surface area (Å²) < 4.78 is 16.5. The zero-order valence-electron chi connectivity index (χ0n) is 17.7. The lowest BCUT2D eigenvalue weighted by molar-refractivity contribution is -0.160. The number of ether oxygens (including phenoxy) is 3. The van der Waals surface area contributed by atoms with Gasteiger partial charge in [-0.1, -0.05) is 60.7 Å². The van der Waals surface area contributed by atoms with Gasteiger partial charge >= 0.3 is 11.9 Å². The molecule has 1 aliphatic rings. The Balaban J connectivity index is 1.62. The molecule has 1 aliphatic heterocycles. The molecule has 0 amide bonds. The van der Waals surface area contributed by atoms with Crippen molar-refractivity contribution < 1.29 is 23.8 Å². The third kappa shape index (κ3) is 7.49. The van der Waals surface area contributed by atoms with E-state index < -0.39 is 26.1 Å². The maximum atomic E-state index is 11.4. The molecule has 0 radical (unpaired) electrons.